The summed E-state index contributed by atoms with van der Waals surface area (Å²) in [5, 5.41) is 10.1. The number of aromatic nitrogens is 1. The van der Waals surface area contributed by atoms with Gasteiger partial charge in [0.25, 0.3) is 5.91 Å². The molecule has 2 N–H and O–H groups in total. The van der Waals surface area contributed by atoms with Gasteiger partial charge in [0.1, 0.15) is 0 Å². The van der Waals surface area contributed by atoms with Gasteiger partial charge < -0.3 is 15.2 Å². The second-order valence-electron chi connectivity index (χ2n) is 7.32. The molecule has 3 aromatic rings. The summed E-state index contributed by atoms with van der Waals surface area (Å²) in [7, 11) is 0. The largest absolute Gasteiger partial charge is 0.363 e. The van der Waals surface area contributed by atoms with Gasteiger partial charge in [-0.1, -0.05) is 36.4 Å². The Morgan fingerprint density at radius 2 is 1.97 bits per heavy atom. The van der Waals surface area contributed by atoms with Gasteiger partial charge in [-0.05, 0) is 59.9 Å². The molecule has 1 aliphatic heterocycles. The summed E-state index contributed by atoms with van der Waals surface area (Å²) >= 11 is 5.37. The second-order valence-corrected chi connectivity index (χ2v) is 7.73. The van der Waals surface area contributed by atoms with Crippen LogP contribution in [0, 0.1) is 12.8 Å². The first-order chi connectivity index (χ1) is 14.1. The number of nitrogens with one attached hydrogen (secondary N) is 2. The summed E-state index contributed by atoms with van der Waals surface area (Å²) in [5.41, 5.74) is 2.33. The van der Waals surface area contributed by atoms with E-state index in [1.54, 1.807) is 0 Å². The Labute approximate surface area is 175 Å². The molecule has 0 saturated heterocycles. The molecule has 1 unspecified atom stereocenters. The monoisotopic (exact) mass is 404 g/mol. The normalized spacial score (nSPS) is 15.3. The molecule has 0 saturated carbocycles. The number of thiocarbonyl (C=S) groups is 1. The van der Waals surface area contributed by atoms with E-state index in [9.17, 15) is 4.79 Å². The molecule has 0 bridgehead atoms. The van der Waals surface area contributed by atoms with Crippen LogP contribution in [0.25, 0.3) is 17.0 Å². The van der Waals surface area contributed by atoms with Crippen LogP contribution in [0.1, 0.15) is 12.0 Å². The average Bonchev–Trinajstić information content (AvgIpc) is 3.12. The third kappa shape index (κ3) is 4.54. The van der Waals surface area contributed by atoms with E-state index in [1.807, 2.05) is 43.3 Å². The summed E-state index contributed by atoms with van der Waals surface area (Å²) in [6.07, 6.45) is 4.77. The Hall–Kier alpha value is -2.99. The van der Waals surface area contributed by atoms with Gasteiger partial charge in [0.05, 0.1) is 11.3 Å². The number of rotatable bonds is 6. The maximum Gasteiger partial charge on any atom is 0.253 e. The first-order valence-corrected chi connectivity index (χ1v) is 10.3. The first-order valence-electron chi connectivity index (χ1n) is 9.87. The fourth-order valence-electron chi connectivity index (χ4n) is 3.62. The maximum atomic E-state index is 12.3. The average molecular weight is 405 g/mol. The van der Waals surface area contributed by atoms with Gasteiger partial charge in [0.2, 0.25) is 0 Å². The fraction of sp³-hybridized carbons (Fsp3) is 0.261. The fourth-order valence-corrected chi connectivity index (χ4v) is 3.82. The molecule has 1 aliphatic rings. The predicted molar refractivity (Wildman–Crippen MR) is 120 cm³/mol. The minimum absolute atomic E-state index is 0.0803. The Morgan fingerprint density at radius 3 is 2.86 bits per heavy atom. The Balaban J connectivity index is 1.24. The van der Waals surface area contributed by atoms with E-state index in [4.69, 9.17) is 12.2 Å². The quantitative estimate of drug-likeness (QED) is 0.618. The highest BCUT2D eigenvalue weighted by Crippen LogP contribution is 2.14. The topological polar surface area (TPSA) is 58.4 Å². The summed E-state index contributed by atoms with van der Waals surface area (Å²) in [5.74, 6) is -0.282. The van der Waals surface area contributed by atoms with Gasteiger partial charge >= 0.3 is 0 Å². The summed E-state index contributed by atoms with van der Waals surface area (Å²) in [6.45, 7) is 4.20. The van der Waals surface area contributed by atoms with Crippen molar-refractivity contribution in [3.05, 3.63) is 70.9 Å². The SMILES string of the molecule is Cc1ccc2c(c1)=NC(=O)C(CCNC(=S)NCCn1ccc3ccccc31)C=2. The Morgan fingerprint density at radius 1 is 1.14 bits per heavy atom. The van der Waals surface area contributed by atoms with E-state index < -0.39 is 0 Å². The number of hydrogen-bond donors (Lipinski definition) is 2. The van der Waals surface area contributed by atoms with Crippen molar-refractivity contribution in [2.24, 2.45) is 10.9 Å². The predicted octanol–water partition coefficient (Wildman–Crippen LogP) is 2.06. The molecule has 2 heterocycles. The van der Waals surface area contributed by atoms with Crippen molar-refractivity contribution in [1.82, 2.24) is 15.2 Å². The van der Waals surface area contributed by atoms with Crippen LogP contribution in [-0.4, -0.2) is 28.7 Å². The molecule has 1 amide bonds. The molecule has 0 fully saturated rings. The van der Waals surface area contributed by atoms with Crippen LogP contribution >= 0.6 is 12.2 Å². The molecule has 0 spiro atoms. The number of benzene rings is 2. The van der Waals surface area contributed by atoms with Crippen LogP contribution in [-0.2, 0) is 11.3 Å². The Bertz CT molecular complexity index is 1180. The third-order valence-corrected chi connectivity index (χ3v) is 5.46. The molecular weight excluding hydrogens is 380 g/mol. The molecule has 0 radical (unpaired) electrons. The summed E-state index contributed by atoms with van der Waals surface area (Å²) in [4.78, 5) is 16.5. The molecule has 4 rings (SSSR count). The lowest BCUT2D eigenvalue weighted by Gasteiger charge is -2.15. The highest BCUT2D eigenvalue weighted by Gasteiger charge is 2.18. The second kappa shape index (κ2) is 8.57. The molecule has 5 nitrogen and oxygen atoms in total. The number of carbonyl (C=O) groups is 1. The minimum atomic E-state index is -0.202. The van der Waals surface area contributed by atoms with Crippen LogP contribution < -0.4 is 21.2 Å². The lowest BCUT2D eigenvalue weighted by atomic mass is 10.00. The number of fused-ring (bicyclic) bond motifs is 2. The number of carbonyl (C=O) groups excluding carboxylic acids is 1. The van der Waals surface area contributed by atoms with Gasteiger partial charge in [-0.2, -0.15) is 0 Å². The van der Waals surface area contributed by atoms with Crippen LogP contribution in [0.15, 0.2) is 59.7 Å². The zero-order chi connectivity index (χ0) is 20.2. The van der Waals surface area contributed by atoms with E-state index in [0.29, 0.717) is 18.1 Å². The molecule has 2 aromatic carbocycles. The van der Waals surface area contributed by atoms with E-state index in [-0.39, 0.29) is 11.8 Å². The van der Waals surface area contributed by atoms with Crippen molar-refractivity contribution in [2.75, 3.05) is 13.1 Å². The van der Waals surface area contributed by atoms with Gasteiger partial charge in [0, 0.05) is 31.3 Å². The van der Waals surface area contributed by atoms with Crippen LogP contribution in [0.3, 0.4) is 0 Å². The van der Waals surface area contributed by atoms with Crippen molar-refractivity contribution in [3.63, 3.8) is 0 Å². The lowest BCUT2D eigenvalue weighted by Crippen LogP contribution is -2.39. The van der Waals surface area contributed by atoms with Crippen molar-refractivity contribution in [1.29, 1.82) is 0 Å². The number of hydrogen-bond acceptors (Lipinski definition) is 2. The summed E-state index contributed by atoms with van der Waals surface area (Å²) < 4.78 is 2.21. The van der Waals surface area contributed by atoms with Crippen LogP contribution in [0.2, 0.25) is 0 Å². The van der Waals surface area contributed by atoms with E-state index in [1.165, 1.54) is 10.9 Å². The van der Waals surface area contributed by atoms with Gasteiger partial charge in [-0.25, -0.2) is 4.99 Å². The van der Waals surface area contributed by atoms with Crippen LogP contribution in [0.5, 0.6) is 0 Å². The van der Waals surface area contributed by atoms with Crippen LogP contribution in [0.4, 0.5) is 0 Å². The molecule has 1 aromatic heterocycles. The van der Waals surface area contributed by atoms with E-state index in [2.05, 4.69) is 44.6 Å². The molecule has 0 aliphatic carbocycles. The van der Waals surface area contributed by atoms with Crippen molar-refractivity contribution in [3.8, 4) is 0 Å². The summed E-state index contributed by atoms with van der Waals surface area (Å²) in [6, 6.07) is 16.5. The number of aryl methyl sites for hydroxylation is 1. The van der Waals surface area contributed by atoms with Gasteiger partial charge in [0.15, 0.2) is 5.11 Å². The standard InChI is InChI=1S/C23H24N4OS/c1-16-6-7-18-15-19(22(28)26-20(18)14-16)8-10-24-23(29)25-11-13-27-12-9-17-4-2-3-5-21(17)27/h2-7,9,12,14-15,19H,8,10-11,13H2,1H3,(H2,24,25,29). The lowest BCUT2D eigenvalue weighted by molar-refractivity contribution is -0.120. The van der Waals surface area contributed by atoms with E-state index in [0.717, 1.165) is 29.2 Å². The molecule has 148 valence electrons. The van der Waals surface area contributed by atoms with Gasteiger partial charge in [-0.15, -0.1) is 0 Å². The van der Waals surface area contributed by atoms with Crippen molar-refractivity contribution in [2.45, 2.75) is 19.9 Å². The minimum Gasteiger partial charge on any atom is -0.363 e. The van der Waals surface area contributed by atoms with Crippen molar-refractivity contribution >= 4 is 40.2 Å². The van der Waals surface area contributed by atoms with E-state index >= 15 is 0 Å². The molecule has 29 heavy (non-hydrogen) atoms. The smallest absolute Gasteiger partial charge is 0.253 e. The number of amides is 1. The molecule has 1 atom stereocenters. The molecular formula is C23H24N4OS. The highest BCUT2D eigenvalue weighted by molar-refractivity contribution is 7.80. The van der Waals surface area contributed by atoms with Gasteiger partial charge in [-0.3, -0.25) is 4.79 Å². The Kier molecular flexibility index (Phi) is 5.71. The number of para-hydroxylation sites is 1. The first kappa shape index (κ1) is 19.3. The maximum absolute atomic E-state index is 12.3. The zero-order valence-corrected chi connectivity index (χ0v) is 17.2. The third-order valence-electron chi connectivity index (χ3n) is 5.17. The zero-order valence-electron chi connectivity index (χ0n) is 16.4. The van der Waals surface area contributed by atoms with Crippen molar-refractivity contribution < 1.29 is 4.79 Å². The molecule has 6 heteroatoms. The number of nitrogens with zero attached hydrogens (tertiary/aromatic N) is 2. The highest BCUT2D eigenvalue weighted by atomic mass is 32.1.